The molecule has 0 saturated heterocycles. The van der Waals surface area contributed by atoms with Gasteiger partial charge in [0, 0.05) is 10.6 Å². The van der Waals surface area contributed by atoms with Gasteiger partial charge in [-0.05, 0) is 42.5 Å². The third kappa shape index (κ3) is 4.22. The van der Waals surface area contributed by atoms with Gasteiger partial charge in [0.1, 0.15) is 10.8 Å². The molecule has 4 aromatic rings. The Morgan fingerprint density at radius 1 is 1.11 bits per heavy atom. The van der Waals surface area contributed by atoms with E-state index in [1.807, 2.05) is 36.4 Å². The van der Waals surface area contributed by atoms with Crippen molar-refractivity contribution >= 4 is 60.7 Å². The molecule has 2 N–H and O–H groups in total. The lowest BCUT2D eigenvalue weighted by Crippen LogP contribution is -2.21. The van der Waals surface area contributed by atoms with Crippen molar-refractivity contribution in [3.05, 3.63) is 47.5 Å². The lowest BCUT2D eigenvalue weighted by atomic mass is 10.2. The molecule has 142 valence electrons. The number of ether oxygens (including phenoxy) is 1. The van der Waals surface area contributed by atoms with Crippen molar-refractivity contribution in [2.45, 2.75) is 0 Å². The molecule has 2 aromatic heterocycles. The van der Waals surface area contributed by atoms with E-state index in [2.05, 4.69) is 25.8 Å². The standard InChI is InChI=1S/C18H14ClN5O2S2/c1-26-12-5-2-10(3-6-12)16-23-24-18(28-16)22-15(25)9-20-17-21-13-7-4-11(19)8-14(13)27-17/h2-8H,9H2,1H3,(H,20,21)(H,22,24,25). The molecular weight excluding hydrogens is 418 g/mol. The summed E-state index contributed by atoms with van der Waals surface area (Å²) in [5, 5.41) is 16.4. The van der Waals surface area contributed by atoms with E-state index >= 15 is 0 Å². The minimum absolute atomic E-state index is 0.0744. The summed E-state index contributed by atoms with van der Waals surface area (Å²) in [4.78, 5) is 16.6. The molecule has 0 aliphatic carbocycles. The Hall–Kier alpha value is -2.75. The highest BCUT2D eigenvalue weighted by Gasteiger charge is 2.11. The topological polar surface area (TPSA) is 89.0 Å². The number of rotatable bonds is 6. The van der Waals surface area contributed by atoms with Gasteiger partial charge in [0.05, 0.1) is 23.9 Å². The fourth-order valence-electron chi connectivity index (χ4n) is 2.42. The fourth-order valence-corrected chi connectivity index (χ4v) is 4.32. The van der Waals surface area contributed by atoms with Gasteiger partial charge in [0.15, 0.2) is 5.13 Å². The van der Waals surface area contributed by atoms with Crippen molar-refractivity contribution in [3.8, 4) is 16.3 Å². The Balaban J connectivity index is 1.36. The van der Waals surface area contributed by atoms with E-state index in [1.54, 1.807) is 13.2 Å². The predicted octanol–water partition coefficient (Wildman–Crippen LogP) is 4.53. The molecule has 0 atom stereocenters. The molecule has 7 nitrogen and oxygen atoms in total. The fraction of sp³-hybridized carbons (Fsp3) is 0.111. The first-order chi connectivity index (χ1) is 13.6. The zero-order valence-electron chi connectivity index (χ0n) is 14.6. The number of benzene rings is 2. The lowest BCUT2D eigenvalue weighted by molar-refractivity contribution is -0.114. The summed E-state index contributed by atoms with van der Waals surface area (Å²) in [7, 11) is 1.62. The van der Waals surface area contributed by atoms with Crippen molar-refractivity contribution < 1.29 is 9.53 Å². The van der Waals surface area contributed by atoms with Gasteiger partial charge in [-0.15, -0.1) is 10.2 Å². The van der Waals surface area contributed by atoms with Gasteiger partial charge >= 0.3 is 0 Å². The first-order valence-corrected chi connectivity index (χ1v) is 10.2. The highest BCUT2D eigenvalue weighted by molar-refractivity contribution is 7.22. The van der Waals surface area contributed by atoms with Crippen molar-refractivity contribution in [3.63, 3.8) is 0 Å². The molecule has 0 aliphatic heterocycles. The molecule has 0 bridgehead atoms. The molecule has 4 rings (SSSR count). The number of nitrogens with zero attached hydrogens (tertiary/aromatic N) is 3. The number of carbonyl (C=O) groups is 1. The molecule has 28 heavy (non-hydrogen) atoms. The smallest absolute Gasteiger partial charge is 0.245 e. The molecular formula is C18H14ClN5O2S2. The number of anilines is 2. The van der Waals surface area contributed by atoms with Crippen LogP contribution >= 0.6 is 34.3 Å². The average molecular weight is 432 g/mol. The third-order valence-electron chi connectivity index (χ3n) is 3.76. The molecule has 0 spiro atoms. The highest BCUT2D eigenvalue weighted by atomic mass is 35.5. The maximum absolute atomic E-state index is 12.2. The normalized spacial score (nSPS) is 10.8. The second-order valence-electron chi connectivity index (χ2n) is 5.67. The van der Waals surface area contributed by atoms with Crippen molar-refractivity contribution in [1.82, 2.24) is 15.2 Å². The summed E-state index contributed by atoms with van der Waals surface area (Å²) in [5.74, 6) is 0.541. The summed E-state index contributed by atoms with van der Waals surface area (Å²) >= 11 is 8.73. The van der Waals surface area contributed by atoms with Gasteiger partial charge in [0.2, 0.25) is 11.0 Å². The largest absolute Gasteiger partial charge is 0.497 e. The van der Waals surface area contributed by atoms with E-state index in [0.717, 1.165) is 21.5 Å². The first kappa shape index (κ1) is 18.6. The van der Waals surface area contributed by atoms with Crippen LogP contribution in [0.2, 0.25) is 5.02 Å². The highest BCUT2D eigenvalue weighted by Crippen LogP contribution is 2.29. The Bertz CT molecular complexity index is 1130. The van der Waals surface area contributed by atoms with Crippen LogP contribution in [-0.4, -0.2) is 34.7 Å². The molecule has 0 saturated carbocycles. The molecule has 0 aliphatic rings. The van der Waals surface area contributed by atoms with Gasteiger partial charge in [-0.2, -0.15) is 0 Å². The number of nitrogens with one attached hydrogen (secondary N) is 2. The molecule has 1 amide bonds. The van der Waals surface area contributed by atoms with E-state index in [9.17, 15) is 4.79 Å². The van der Waals surface area contributed by atoms with Crippen LogP contribution in [0.1, 0.15) is 0 Å². The number of methoxy groups -OCH3 is 1. The quantitative estimate of drug-likeness (QED) is 0.466. The second kappa shape index (κ2) is 8.09. The monoisotopic (exact) mass is 431 g/mol. The van der Waals surface area contributed by atoms with Crippen LogP contribution in [0.15, 0.2) is 42.5 Å². The number of hydrogen-bond donors (Lipinski definition) is 2. The van der Waals surface area contributed by atoms with Gasteiger partial charge in [-0.3, -0.25) is 10.1 Å². The average Bonchev–Trinajstić information content (AvgIpc) is 3.32. The van der Waals surface area contributed by atoms with Gasteiger partial charge in [-0.1, -0.05) is 34.3 Å². The van der Waals surface area contributed by atoms with Crippen molar-refractivity contribution in [2.75, 3.05) is 24.3 Å². The number of aromatic nitrogens is 3. The molecule has 10 heteroatoms. The predicted molar refractivity (Wildman–Crippen MR) is 114 cm³/mol. The third-order valence-corrected chi connectivity index (χ3v) is 5.86. The van der Waals surface area contributed by atoms with Crippen LogP contribution in [0.3, 0.4) is 0 Å². The number of carbonyl (C=O) groups excluding carboxylic acids is 1. The summed E-state index contributed by atoms with van der Waals surface area (Å²) in [6, 6.07) is 13.0. The van der Waals surface area contributed by atoms with E-state index in [4.69, 9.17) is 16.3 Å². The number of thiazole rings is 1. The maximum Gasteiger partial charge on any atom is 0.245 e. The van der Waals surface area contributed by atoms with Crippen LogP contribution in [-0.2, 0) is 4.79 Å². The minimum atomic E-state index is -0.227. The number of amides is 1. The van der Waals surface area contributed by atoms with Crippen LogP contribution in [0.5, 0.6) is 5.75 Å². The molecule has 2 aromatic carbocycles. The summed E-state index contributed by atoms with van der Waals surface area (Å²) in [5.41, 5.74) is 1.75. The van der Waals surface area contributed by atoms with E-state index in [-0.39, 0.29) is 12.5 Å². The Morgan fingerprint density at radius 2 is 1.93 bits per heavy atom. The Labute approximate surface area is 173 Å². The summed E-state index contributed by atoms with van der Waals surface area (Å²) < 4.78 is 6.11. The van der Waals surface area contributed by atoms with Crippen molar-refractivity contribution in [2.24, 2.45) is 0 Å². The summed E-state index contributed by atoms with van der Waals surface area (Å²) in [6.07, 6.45) is 0. The molecule has 2 heterocycles. The second-order valence-corrected chi connectivity index (χ2v) is 8.12. The molecule has 0 fully saturated rings. The van der Waals surface area contributed by atoms with Gasteiger partial charge < -0.3 is 10.1 Å². The molecule has 0 unspecified atom stereocenters. The van der Waals surface area contributed by atoms with Gasteiger partial charge in [0.25, 0.3) is 0 Å². The maximum atomic E-state index is 12.2. The first-order valence-electron chi connectivity index (χ1n) is 8.18. The van der Waals surface area contributed by atoms with E-state index in [0.29, 0.717) is 20.3 Å². The lowest BCUT2D eigenvalue weighted by Gasteiger charge is -2.02. The van der Waals surface area contributed by atoms with Crippen LogP contribution in [0.25, 0.3) is 20.8 Å². The van der Waals surface area contributed by atoms with E-state index in [1.165, 1.54) is 22.7 Å². The van der Waals surface area contributed by atoms with Crippen LogP contribution in [0.4, 0.5) is 10.3 Å². The zero-order chi connectivity index (χ0) is 19.5. The zero-order valence-corrected chi connectivity index (χ0v) is 17.0. The van der Waals surface area contributed by atoms with Gasteiger partial charge in [-0.25, -0.2) is 4.98 Å². The Kier molecular flexibility index (Phi) is 5.38. The summed E-state index contributed by atoms with van der Waals surface area (Å²) in [6.45, 7) is 0.0744. The van der Waals surface area contributed by atoms with Crippen LogP contribution < -0.4 is 15.4 Å². The molecule has 0 radical (unpaired) electrons. The van der Waals surface area contributed by atoms with E-state index < -0.39 is 0 Å². The van der Waals surface area contributed by atoms with Crippen molar-refractivity contribution in [1.29, 1.82) is 0 Å². The number of hydrogen-bond acceptors (Lipinski definition) is 8. The SMILES string of the molecule is COc1ccc(-c2nnc(NC(=O)CNc3nc4ccc(Cl)cc4s3)s2)cc1. The number of halogens is 1. The minimum Gasteiger partial charge on any atom is -0.497 e. The van der Waals surface area contributed by atoms with Crippen LogP contribution in [0, 0.1) is 0 Å². The number of fused-ring (bicyclic) bond motifs is 1. The Morgan fingerprint density at radius 3 is 2.71 bits per heavy atom.